The number of likely N-dealkylation sites (N-methyl/N-ethyl adjacent to an activating group) is 2. The number of carbonyl (C=O) groups is 8. The van der Waals surface area contributed by atoms with Crippen molar-refractivity contribution in [2.24, 2.45) is 23.3 Å². The van der Waals surface area contributed by atoms with Gasteiger partial charge in [-0.05, 0) is 82.4 Å². The highest BCUT2D eigenvalue weighted by Gasteiger charge is 2.45. The van der Waals surface area contributed by atoms with E-state index in [-0.39, 0.29) is 43.6 Å². The molecule has 0 aliphatic heterocycles. The first-order valence-corrected chi connectivity index (χ1v) is 23.8. The normalized spacial score (nSPS) is 16.4. The molecular formula is C50H77N9O8. The molecule has 0 unspecified atom stereocenters. The van der Waals surface area contributed by atoms with E-state index in [9.17, 15) is 38.4 Å². The fraction of sp³-hybridized carbons (Fsp3) is 0.600. The predicted octanol–water partition coefficient (Wildman–Crippen LogP) is 2.28. The summed E-state index contributed by atoms with van der Waals surface area (Å²) in [6.07, 6.45) is 7.57. The number of rotatable bonds is 28. The Hall–Kier alpha value is -5.52. The molecule has 370 valence electrons. The summed E-state index contributed by atoms with van der Waals surface area (Å²) in [7, 11) is 2.89. The van der Waals surface area contributed by atoms with Gasteiger partial charge in [-0.3, -0.25) is 33.6 Å². The number of benzene rings is 2. The molecule has 0 heterocycles. The maximum Gasteiger partial charge on any atom is 0.246 e. The number of Topliss-reactive ketones (excluding diaryl/α,β-unsaturated/α-hetero) is 1. The van der Waals surface area contributed by atoms with Gasteiger partial charge in [0.15, 0.2) is 17.6 Å². The van der Waals surface area contributed by atoms with Gasteiger partial charge in [0.25, 0.3) is 0 Å². The van der Waals surface area contributed by atoms with E-state index in [4.69, 9.17) is 11.5 Å². The number of nitrogens with zero attached hydrogens (tertiary/aromatic N) is 2. The predicted molar refractivity (Wildman–Crippen MR) is 258 cm³/mol. The van der Waals surface area contributed by atoms with Crippen LogP contribution in [0, 0.1) is 11.8 Å². The Morgan fingerprint density at radius 2 is 1.30 bits per heavy atom. The molecule has 0 aromatic heterocycles. The van der Waals surface area contributed by atoms with Crippen molar-refractivity contribution in [2.45, 2.75) is 154 Å². The van der Waals surface area contributed by atoms with Crippen LogP contribution in [0.5, 0.6) is 0 Å². The summed E-state index contributed by atoms with van der Waals surface area (Å²) in [4.78, 5) is 111. The lowest BCUT2D eigenvalue weighted by atomic mass is 9.81. The minimum absolute atomic E-state index is 0.0324. The van der Waals surface area contributed by atoms with Crippen molar-refractivity contribution >= 4 is 47.5 Å². The van der Waals surface area contributed by atoms with Gasteiger partial charge in [0.1, 0.15) is 30.2 Å². The lowest BCUT2D eigenvalue weighted by Gasteiger charge is -2.38. The molecular weight excluding hydrogens is 855 g/mol. The topological polar surface area (TPSA) is 255 Å². The third-order valence-corrected chi connectivity index (χ3v) is 12.7. The number of hydrogen-bond acceptors (Lipinski definition) is 11. The SMILES string of the molecule is CC(C)C[C@H](NC(=O)[C@H](C)NC(=O)[C@H](C)NC(=O)[C@H](CCCCN)NC(=O)[C@H](Cc1ccccc1)N(C)C(=O)CNCc1ccccc1)C(=O)N(C)[C@@](C)(C=O)C(=O)[C@@H](N)CC1CCCCC1. The number of aldehydes is 1. The molecule has 1 aliphatic carbocycles. The number of unbranched alkanes of at least 4 members (excludes halogenated alkanes) is 1. The lowest BCUT2D eigenvalue weighted by Crippen LogP contribution is -2.63. The van der Waals surface area contributed by atoms with Gasteiger partial charge in [0.05, 0.1) is 12.6 Å². The molecule has 67 heavy (non-hydrogen) atoms. The Morgan fingerprint density at radius 3 is 1.87 bits per heavy atom. The van der Waals surface area contributed by atoms with Crippen molar-refractivity contribution in [3.8, 4) is 0 Å². The number of nitrogens with one attached hydrogen (secondary N) is 5. The Labute approximate surface area is 397 Å². The van der Waals surface area contributed by atoms with Crippen molar-refractivity contribution in [3.63, 3.8) is 0 Å². The lowest BCUT2D eigenvalue weighted by molar-refractivity contribution is -0.150. The summed E-state index contributed by atoms with van der Waals surface area (Å²) in [5.74, 6) is -4.04. The molecule has 1 saturated carbocycles. The number of amides is 6. The molecule has 9 N–H and O–H groups in total. The van der Waals surface area contributed by atoms with Crippen molar-refractivity contribution < 1.29 is 38.4 Å². The van der Waals surface area contributed by atoms with Crippen molar-refractivity contribution in [1.82, 2.24) is 36.4 Å². The monoisotopic (exact) mass is 932 g/mol. The van der Waals surface area contributed by atoms with E-state index in [1.807, 2.05) is 74.5 Å². The first-order chi connectivity index (χ1) is 31.8. The Balaban J connectivity index is 1.68. The zero-order chi connectivity index (χ0) is 49.7. The molecule has 0 saturated heterocycles. The fourth-order valence-electron chi connectivity index (χ4n) is 8.28. The molecule has 0 radical (unpaired) electrons. The van der Waals surface area contributed by atoms with Gasteiger partial charge in [-0.1, -0.05) is 107 Å². The highest BCUT2D eigenvalue weighted by Crippen LogP contribution is 2.29. The van der Waals surface area contributed by atoms with Crippen LogP contribution in [0.1, 0.15) is 110 Å². The Bertz CT molecular complexity index is 1930. The smallest absolute Gasteiger partial charge is 0.246 e. The van der Waals surface area contributed by atoms with Gasteiger partial charge in [-0.25, -0.2) is 0 Å². The van der Waals surface area contributed by atoms with E-state index >= 15 is 0 Å². The van der Waals surface area contributed by atoms with E-state index < -0.39 is 77.1 Å². The van der Waals surface area contributed by atoms with E-state index in [0.717, 1.165) is 48.1 Å². The van der Waals surface area contributed by atoms with E-state index in [2.05, 4.69) is 26.6 Å². The molecule has 2 aromatic carbocycles. The molecule has 6 amide bonds. The van der Waals surface area contributed by atoms with Gasteiger partial charge in [0.2, 0.25) is 35.4 Å². The highest BCUT2D eigenvalue weighted by molar-refractivity contribution is 6.08. The van der Waals surface area contributed by atoms with Crippen molar-refractivity contribution in [1.29, 1.82) is 0 Å². The van der Waals surface area contributed by atoms with Gasteiger partial charge in [-0.2, -0.15) is 0 Å². The van der Waals surface area contributed by atoms with Crippen molar-refractivity contribution in [3.05, 3.63) is 71.8 Å². The third-order valence-electron chi connectivity index (χ3n) is 12.7. The first-order valence-electron chi connectivity index (χ1n) is 23.8. The second-order valence-corrected chi connectivity index (χ2v) is 18.7. The second-order valence-electron chi connectivity index (χ2n) is 18.7. The summed E-state index contributed by atoms with van der Waals surface area (Å²) in [6, 6.07) is 12.3. The summed E-state index contributed by atoms with van der Waals surface area (Å²) >= 11 is 0. The van der Waals surface area contributed by atoms with Crippen LogP contribution in [0.3, 0.4) is 0 Å². The van der Waals surface area contributed by atoms with Crippen LogP contribution in [-0.2, 0) is 51.3 Å². The third kappa shape index (κ3) is 17.6. The van der Waals surface area contributed by atoms with Gasteiger partial charge in [-0.15, -0.1) is 0 Å². The van der Waals surface area contributed by atoms with Crippen LogP contribution < -0.4 is 38.1 Å². The maximum atomic E-state index is 14.1. The minimum atomic E-state index is -1.88. The molecule has 0 spiro atoms. The fourth-order valence-corrected chi connectivity index (χ4v) is 8.28. The number of nitrogens with two attached hydrogens (primary N) is 2. The molecule has 1 fully saturated rings. The summed E-state index contributed by atoms with van der Waals surface area (Å²) < 4.78 is 0. The van der Waals surface area contributed by atoms with Gasteiger partial charge < -0.3 is 52.6 Å². The Kier molecular flexibility index (Phi) is 23.3. The molecule has 7 atom stereocenters. The quantitative estimate of drug-likeness (QED) is 0.0370. The summed E-state index contributed by atoms with van der Waals surface area (Å²) in [5.41, 5.74) is 12.0. The van der Waals surface area contributed by atoms with Crippen molar-refractivity contribution in [2.75, 3.05) is 27.2 Å². The summed E-state index contributed by atoms with van der Waals surface area (Å²) in [5, 5.41) is 13.9. The molecule has 0 bridgehead atoms. The number of hydrogen-bond donors (Lipinski definition) is 7. The van der Waals surface area contributed by atoms with E-state index in [0.29, 0.717) is 38.6 Å². The molecule has 2 aromatic rings. The van der Waals surface area contributed by atoms with Crippen LogP contribution in [0.15, 0.2) is 60.7 Å². The number of ketones is 1. The van der Waals surface area contributed by atoms with E-state index in [1.165, 1.54) is 32.7 Å². The van der Waals surface area contributed by atoms with E-state index in [1.54, 1.807) is 7.05 Å². The largest absolute Gasteiger partial charge is 0.343 e. The van der Waals surface area contributed by atoms with Crippen LogP contribution in [0.2, 0.25) is 0 Å². The molecule has 3 rings (SSSR count). The Morgan fingerprint density at radius 1 is 0.746 bits per heavy atom. The summed E-state index contributed by atoms with van der Waals surface area (Å²) in [6.45, 7) is 8.69. The van der Waals surface area contributed by atoms with Crippen LogP contribution in [0.25, 0.3) is 0 Å². The van der Waals surface area contributed by atoms with Gasteiger partial charge >= 0.3 is 0 Å². The number of carbonyl (C=O) groups excluding carboxylic acids is 8. The van der Waals surface area contributed by atoms with Crippen LogP contribution >= 0.6 is 0 Å². The van der Waals surface area contributed by atoms with Gasteiger partial charge in [0, 0.05) is 27.1 Å². The minimum Gasteiger partial charge on any atom is -0.343 e. The standard InChI is InChI=1S/C50H77N9O8/c1-33(2)27-41(49(67)59(7)50(5,32-60)44(62)39(52)28-36-19-11-8-12-20-36)57-46(64)35(4)54-45(63)34(3)55-47(65)40(25-17-18-26-51)56-48(66)42(29-37-21-13-9-14-22-37)58(6)43(61)31-53-30-38-23-15-10-16-24-38/h9-10,13-16,21-24,32-36,39-42,53H,8,11-12,17-20,25-31,51-52H2,1-7H3,(H,54,63)(H,55,65)(H,56,66)(H,57,64)/t34-,35-,39-,40-,41-,42-,50-/m0/s1. The average Bonchev–Trinajstić information content (AvgIpc) is 3.32. The molecule has 17 nitrogen and oxygen atoms in total. The maximum absolute atomic E-state index is 14.1. The first kappa shape index (κ1) is 55.8. The zero-order valence-corrected chi connectivity index (χ0v) is 40.7. The second kappa shape index (κ2) is 28.0. The zero-order valence-electron chi connectivity index (χ0n) is 40.7. The molecule has 17 heteroatoms. The van der Waals surface area contributed by atoms with Crippen LogP contribution in [-0.4, -0.2) is 126 Å². The van der Waals surface area contributed by atoms with Crippen LogP contribution in [0.4, 0.5) is 0 Å². The highest BCUT2D eigenvalue weighted by atomic mass is 16.2. The molecule has 1 aliphatic rings. The average molecular weight is 932 g/mol.